The van der Waals surface area contributed by atoms with Gasteiger partial charge >= 0.3 is 0 Å². The molecule has 1 unspecified atom stereocenters. The number of halogens is 1. The number of hydrogen-bond acceptors (Lipinski definition) is 2. The van der Waals surface area contributed by atoms with Crippen molar-refractivity contribution in [3.8, 4) is 0 Å². The third-order valence-electron chi connectivity index (χ3n) is 4.24. The van der Waals surface area contributed by atoms with Gasteiger partial charge in [0.2, 0.25) is 5.91 Å². The standard InChI is InChI=1S/C13H22BrNO2/c1-2-11-7-12(16)15(8-11)10-13(9-14)3-5-17-6-4-13/h11H,2-10H2,1H3. The Balaban J connectivity index is 1.96. The highest BCUT2D eigenvalue weighted by Gasteiger charge is 2.38. The fraction of sp³-hybridized carbons (Fsp3) is 0.923. The number of alkyl halides is 1. The van der Waals surface area contributed by atoms with E-state index in [-0.39, 0.29) is 5.41 Å². The van der Waals surface area contributed by atoms with Gasteiger partial charge in [0, 0.05) is 43.5 Å². The number of hydrogen-bond donors (Lipinski definition) is 0. The van der Waals surface area contributed by atoms with Gasteiger partial charge in [-0.15, -0.1) is 0 Å². The third-order valence-corrected chi connectivity index (χ3v) is 5.42. The molecule has 4 heteroatoms. The van der Waals surface area contributed by atoms with E-state index < -0.39 is 0 Å². The summed E-state index contributed by atoms with van der Waals surface area (Å²) in [5.41, 5.74) is 0.247. The van der Waals surface area contributed by atoms with E-state index in [2.05, 4.69) is 27.8 Å². The minimum Gasteiger partial charge on any atom is -0.381 e. The van der Waals surface area contributed by atoms with Crippen molar-refractivity contribution in [1.29, 1.82) is 0 Å². The molecule has 2 aliphatic rings. The molecule has 2 fully saturated rings. The van der Waals surface area contributed by atoms with E-state index in [0.717, 1.165) is 57.3 Å². The van der Waals surface area contributed by atoms with Crippen molar-refractivity contribution < 1.29 is 9.53 Å². The second kappa shape index (κ2) is 5.70. The minimum absolute atomic E-state index is 0.247. The van der Waals surface area contributed by atoms with E-state index in [1.165, 1.54) is 0 Å². The van der Waals surface area contributed by atoms with Crippen LogP contribution in [0.3, 0.4) is 0 Å². The molecule has 2 rings (SSSR count). The van der Waals surface area contributed by atoms with Crippen molar-refractivity contribution in [2.75, 3.05) is 31.6 Å². The lowest BCUT2D eigenvalue weighted by Gasteiger charge is -2.38. The average Bonchev–Trinajstić information content (AvgIpc) is 2.71. The number of carbonyl (C=O) groups excluding carboxylic acids is 1. The zero-order valence-electron chi connectivity index (χ0n) is 10.6. The fourth-order valence-corrected chi connectivity index (χ4v) is 3.56. The Morgan fingerprint density at radius 3 is 2.71 bits per heavy atom. The Kier molecular flexibility index (Phi) is 4.47. The van der Waals surface area contributed by atoms with E-state index in [0.29, 0.717) is 11.8 Å². The molecule has 1 atom stereocenters. The van der Waals surface area contributed by atoms with Crippen LogP contribution in [0.5, 0.6) is 0 Å². The third kappa shape index (κ3) is 3.02. The SMILES string of the molecule is CCC1CC(=O)N(CC2(CBr)CCOCC2)C1. The summed E-state index contributed by atoms with van der Waals surface area (Å²) < 4.78 is 5.44. The molecular weight excluding hydrogens is 282 g/mol. The molecule has 0 N–H and O–H groups in total. The van der Waals surface area contributed by atoms with Crippen LogP contribution in [-0.4, -0.2) is 42.4 Å². The first-order valence-electron chi connectivity index (χ1n) is 6.60. The summed E-state index contributed by atoms with van der Waals surface area (Å²) in [6.07, 6.45) is 4.01. The number of ether oxygens (including phenoxy) is 1. The molecule has 0 aliphatic carbocycles. The molecule has 0 aromatic rings. The predicted octanol–water partition coefficient (Wildman–Crippen LogP) is 2.44. The highest BCUT2D eigenvalue weighted by atomic mass is 79.9. The molecule has 98 valence electrons. The van der Waals surface area contributed by atoms with Gasteiger partial charge in [0.1, 0.15) is 0 Å². The van der Waals surface area contributed by atoms with Gasteiger partial charge < -0.3 is 9.64 Å². The van der Waals surface area contributed by atoms with Gasteiger partial charge in [-0.25, -0.2) is 0 Å². The van der Waals surface area contributed by atoms with Crippen LogP contribution in [0.2, 0.25) is 0 Å². The summed E-state index contributed by atoms with van der Waals surface area (Å²) in [5.74, 6) is 0.929. The highest BCUT2D eigenvalue weighted by Crippen LogP contribution is 2.35. The lowest BCUT2D eigenvalue weighted by atomic mass is 9.82. The normalized spacial score (nSPS) is 28.7. The molecule has 17 heavy (non-hydrogen) atoms. The number of likely N-dealkylation sites (tertiary alicyclic amines) is 1. The molecule has 1 amide bonds. The largest absolute Gasteiger partial charge is 0.381 e. The lowest BCUT2D eigenvalue weighted by molar-refractivity contribution is -0.129. The number of rotatable bonds is 4. The Hall–Kier alpha value is -0.0900. The van der Waals surface area contributed by atoms with Gasteiger partial charge in [0.25, 0.3) is 0 Å². The quantitative estimate of drug-likeness (QED) is 0.747. The van der Waals surface area contributed by atoms with Crippen molar-refractivity contribution >= 4 is 21.8 Å². The maximum Gasteiger partial charge on any atom is 0.222 e. The van der Waals surface area contributed by atoms with Gasteiger partial charge in [-0.2, -0.15) is 0 Å². The molecule has 3 nitrogen and oxygen atoms in total. The molecule has 2 aliphatic heterocycles. The first-order chi connectivity index (χ1) is 8.19. The smallest absolute Gasteiger partial charge is 0.222 e. The minimum atomic E-state index is 0.247. The zero-order valence-corrected chi connectivity index (χ0v) is 12.2. The highest BCUT2D eigenvalue weighted by molar-refractivity contribution is 9.09. The van der Waals surface area contributed by atoms with Crippen LogP contribution in [0.4, 0.5) is 0 Å². The molecule has 0 radical (unpaired) electrons. The Morgan fingerprint density at radius 1 is 1.47 bits per heavy atom. The second-order valence-corrected chi connectivity index (χ2v) is 6.06. The van der Waals surface area contributed by atoms with Crippen LogP contribution in [0.25, 0.3) is 0 Å². The van der Waals surface area contributed by atoms with Crippen molar-refractivity contribution in [3.63, 3.8) is 0 Å². The van der Waals surface area contributed by atoms with Crippen molar-refractivity contribution in [2.45, 2.75) is 32.6 Å². The van der Waals surface area contributed by atoms with Gasteiger partial charge in [-0.3, -0.25) is 4.79 Å². The molecule has 0 aromatic heterocycles. The average molecular weight is 304 g/mol. The summed E-state index contributed by atoms with van der Waals surface area (Å²) in [5, 5.41) is 0.976. The summed E-state index contributed by atoms with van der Waals surface area (Å²) >= 11 is 3.63. The molecule has 0 aromatic carbocycles. The second-order valence-electron chi connectivity index (χ2n) is 5.50. The number of amides is 1. The van der Waals surface area contributed by atoms with Crippen molar-refractivity contribution in [2.24, 2.45) is 11.3 Å². The molecule has 0 saturated carbocycles. The predicted molar refractivity (Wildman–Crippen MR) is 71.3 cm³/mol. The van der Waals surface area contributed by atoms with Gasteiger partial charge in [-0.05, 0) is 18.8 Å². The van der Waals surface area contributed by atoms with Gasteiger partial charge in [0.05, 0.1) is 0 Å². The molecular formula is C13H22BrNO2. The van der Waals surface area contributed by atoms with Crippen molar-refractivity contribution in [3.05, 3.63) is 0 Å². The van der Waals surface area contributed by atoms with Crippen LogP contribution >= 0.6 is 15.9 Å². The van der Waals surface area contributed by atoms with Crippen LogP contribution < -0.4 is 0 Å². The van der Waals surface area contributed by atoms with E-state index >= 15 is 0 Å². The number of nitrogens with zero attached hydrogens (tertiary/aromatic N) is 1. The number of carbonyl (C=O) groups is 1. The summed E-state index contributed by atoms with van der Waals surface area (Å²) in [6, 6.07) is 0. The van der Waals surface area contributed by atoms with Crippen LogP contribution in [-0.2, 0) is 9.53 Å². The first-order valence-corrected chi connectivity index (χ1v) is 7.73. The molecule has 0 bridgehead atoms. The van der Waals surface area contributed by atoms with E-state index in [1.807, 2.05) is 0 Å². The lowest BCUT2D eigenvalue weighted by Crippen LogP contribution is -2.43. The molecule has 0 spiro atoms. The maximum atomic E-state index is 12.0. The van der Waals surface area contributed by atoms with E-state index in [9.17, 15) is 4.79 Å². The summed E-state index contributed by atoms with van der Waals surface area (Å²) in [7, 11) is 0. The zero-order chi connectivity index (χ0) is 12.3. The van der Waals surface area contributed by atoms with Gasteiger partial charge in [0.15, 0.2) is 0 Å². The Morgan fingerprint density at radius 2 is 2.18 bits per heavy atom. The summed E-state index contributed by atoms with van der Waals surface area (Å²) in [6.45, 7) is 5.73. The van der Waals surface area contributed by atoms with E-state index in [4.69, 9.17) is 4.74 Å². The Bertz CT molecular complexity index is 277. The van der Waals surface area contributed by atoms with Crippen molar-refractivity contribution in [1.82, 2.24) is 4.90 Å². The first kappa shape index (κ1) is 13.3. The van der Waals surface area contributed by atoms with Crippen LogP contribution in [0, 0.1) is 11.3 Å². The Labute approximate surface area is 112 Å². The topological polar surface area (TPSA) is 29.5 Å². The molecule has 2 heterocycles. The monoisotopic (exact) mass is 303 g/mol. The van der Waals surface area contributed by atoms with Crippen LogP contribution in [0.1, 0.15) is 32.6 Å². The summed E-state index contributed by atoms with van der Waals surface area (Å²) in [4.78, 5) is 14.0. The van der Waals surface area contributed by atoms with E-state index in [1.54, 1.807) is 0 Å². The van der Waals surface area contributed by atoms with Gasteiger partial charge in [-0.1, -0.05) is 29.3 Å². The molecule has 2 saturated heterocycles. The fourth-order valence-electron chi connectivity index (χ4n) is 2.82. The maximum absolute atomic E-state index is 12.0. The van der Waals surface area contributed by atoms with Crippen LogP contribution in [0.15, 0.2) is 0 Å².